The second kappa shape index (κ2) is 7.38. The Hall–Kier alpha value is -2.50. The van der Waals surface area contributed by atoms with Crippen LogP contribution in [0.5, 0.6) is 0 Å². The molecule has 0 atom stereocenters. The van der Waals surface area contributed by atoms with Crippen LogP contribution < -0.4 is 5.32 Å². The van der Waals surface area contributed by atoms with Gasteiger partial charge in [-0.25, -0.2) is 0 Å². The minimum absolute atomic E-state index is 0.00662. The molecule has 1 saturated carbocycles. The molecule has 0 unspecified atom stereocenters. The van der Waals surface area contributed by atoms with Crippen LogP contribution in [0, 0.1) is 0 Å². The fourth-order valence-electron chi connectivity index (χ4n) is 2.96. The normalized spacial score (nSPS) is 15.2. The van der Waals surface area contributed by atoms with Gasteiger partial charge in [-0.05, 0) is 31.9 Å². The highest BCUT2D eigenvalue weighted by atomic mass is 16.5. The lowest BCUT2D eigenvalue weighted by Gasteiger charge is -2.22. The maximum Gasteiger partial charge on any atom is 0.257 e. The monoisotopic (exact) mass is 327 g/mol. The van der Waals surface area contributed by atoms with Crippen LogP contribution in [-0.4, -0.2) is 27.9 Å². The molecule has 0 bridgehead atoms. The third kappa shape index (κ3) is 4.07. The van der Waals surface area contributed by atoms with Gasteiger partial charge in [0.25, 0.3) is 5.89 Å². The Kier molecular flexibility index (Phi) is 5.03. The van der Waals surface area contributed by atoms with Crippen LogP contribution in [0.4, 0.5) is 0 Å². The fraction of sp³-hybridized carbons (Fsp3) is 0.444. The third-order valence-corrected chi connectivity index (χ3v) is 4.30. The molecule has 1 fully saturated rings. The summed E-state index contributed by atoms with van der Waals surface area (Å²) in [6.07, 6.45) is 5.81. The van der Waals surface area contributed by atoms with E-state index in [1.165, 1.54) is 26.2 Å². The number of hydrogen-bond acceptors (Lipinski definition) is 5. The number of carbonyl (C=O) groups excluding carboxylic acids is 2. The number of nitrogens with one attached hydrogen (secondary N) is 1. The van der Waals surface area contributed by atoms with Crippen molar-refractivity contribution in [2.45, 2.75) is 51.5 Å². The molecule has 24 heavy (non-hydrogen) atoms. The first-order valence-corrected chi connectivity index (χ1v) is 8.35. The highest BCUT2D eigenvalue weighted by Crippen LogP contribution is 2.19. The van der Waals surface area contributed by atoms with Crippen molar-refractivity contribution in [2.24, 2.45) is 0 Å². The minimum Gasteiger partial charge on any atom is -0.353 e. The van der Waals surface area contributed by atoms with E-state index in [0.717, 1.165) is 18.4 Å². The van der Waals surface area contributed by atoms with E-state index < -0.39 is 0 Å². The molecular weight excluding hydrogens is 306 g/mol. The second-order valence-electron chi connectivity index (χ2n) is 6.23. The van der Waals surface area contributed by atoms with Crippen molar-refractivity contribution < 1.29 is 14.1 Å². The molecule has 2 aromatic rings. The lowest BCUT2D eigenvalue weighted by molar-refractivity contribution is -0.121. The molecule has 0 radical (unpaired) electrons. The van der Waals surface area contributed by atoms with Gasteiger partial charge in [-0.3, -0.25) is 9.59 Å². The summed E-state index contributed by atoms with van der Waals surface area (Å²) in [6.45, 7) is 1.52. The topological polar surface area (TPSA) is 85.1 Å². The zero-order valence-corrected chi connectivity index (χ0v) is 13.7. The molecule has 6 heteroatoms. The zero-order chi connectivity index (χ0) is 16.9. The predicted octanol–water partition coefficient (Wildman–Crippen LogP) is 2.93. The van der Waals surface area contributed by atoms with E-state index in [1.54, 1.807) is 24.3 Å². The summed E-state index contributed by atoms with van der Waals surface area (Å²) in [5.41, 5.74) is 1.36. The molecule has 0 aliphatic heterocycles. The average molecular weight is 327 g/mol. The van der Waals surface area contributed by atoms with Gasteiger partial charge in [-0.2, -0.15) is 4.98 Å². The number of nitrogens with zero attached hydrogens (tertiary/aromatic N) is 2. The van der Waals surface area contributed by atoms with Gasteiger partial charge in [0.2, 0.25) is 5.91 Å². The first-order valence-electron chi connectivity index (χ1n) is 8.35. The van der Waals surface area contributed by atoms with Gasteiger partial charge >= 0.3 is 0 Å². The summed E-state index contributed by atoms with van der Waals surface area (Å²) in [5, 5.41) is 6.91. The van der Waals surface area contributed by atoms with Crippen LogP contribution in [0.2, 0.25) is 0 Å². The van der Waals surface area contributed by atoms with Crippen LogP contribution in [0.1, 0.15) is 55.2 Å². The van der Waals surface area contributed by atoms with Crippen molar-refractivity contribution in [3.63, 3.8) is 0 Å². The van der Waals surface area contributed by atoms with E-state index in [2.05, 4.69) is 15.5 Å². The molecule has 1 heterocycles. The van der Waals surface area contributed by atoms with Crippen molar-refractivity contribution in [1.82, 2.24) is 15.5 Å². The van der Waals surface area contributed by atoms with E-state index in [-0.39, 0.29) is 24.2 Å². The van der Waals surface area contributed by atoms with Crippen molar-refractivity contribution >= 4 is 11.7 Å². The van der Waals surface area contributed by atoms with E-state index in [1.807, 2.05) is 0 Å². The fourth-order valence-corrected chi connectivity index (χ4v) is 2.96. The lowest BCUT2D eigenvalue weighted by atomic mass is 9.95. The number of rotatable bonds is 5. The molecule has 126 valence electrons. The number of Topliss-reactive ketones (excluding diaryl/α,β-unsaturated/α-hetero) is 1. The summed E-state index contributed by atoms with van der Waals surface area (Å²) < 4.78 is 5.22. The van der Waals surface area contributed by atoms with Crippen LogP contribution in [0.3, 0.4) is 0 Å². The van der Waals surface area contributed by atoms with Gasteiger partial charge in [-0.15, -0.1) is 0 Å². The number of ketones is 1. The number of amides is 1. The molecule has 1 N–H and O–H groups in total. The average Bonchev–Trinajstić information content (AvgIpc) is 3.04. The molecule has 1 aromatic carbocycles. The van der Waals surface area contributed by atoms with E-state index in [4.69, 9.17) is 4.52 Å². The van der Waals surface area contributed by atoms with Crippen LogP contribution in [0.25, 0.3) is 11.5 Å². The van der Waals surface area contributed by atoms with E-state index in [0.29, 0.717) is 17.3 Å². The van der Waals surface area contributed by atoms with Crippen molar-refractivity contribution in [3.05, 3.63) is 35.7 Å². The highest BCUT2D eigenvalue weighted by molar-refractivity contribution is 5.94. The molecule has 1 aromatic heterocycles. The first-order chi connectivity index (χ1) is 11.6. The SMILES string of the molecule is CC(=O)c1ccc(-c2nc(CC(=O)NC3CCCCC3)no2)cc1. The van der Waals surface area contributed by atoms with Gasteiger partial charge < -0.3 is 9.84 Å². The summed E-state index contributed by atoms with van der Waals surface area (Å²) in [6, 6.07) is 7.23. The quantitative estimate of drug-likeness (QED) is 0.853. The molecule has 0 saturated heterocycles. The van der Waals surface area contributed by atoms with Gasteiger partial charge in [0.15, 0.2) is 11.6 Å². The summed E-state index contributed by atoms with van der Waals surface area (Å²) in [7, 11) is 0. The molecule has 0 spiro atoms. The molecule has 1 amide bonds. The number of hydrogen-bond donors (Lipinski definition) is 1. The summed E-state index contributed by atoms with van der Waals surface area (Å²) in [5.74, 6) is 0.660. The van der Waals surface area contributed by atoms with Crippen LogP contribution in [0.15, 0.2) is 28.8 Å². The lowest BCUT2D eigenvalue weighted by Crippen LogP contribution is -2.37. The van der Waals surface area contributed by atoms with Gasteiger partial charge in [0.1, 0.15) is 0 Å². The summed E-state index contributed by atoms with van der Waals surface area (Å²) in [4.78, 5) is 27.6. The van der Waals surface area contributed by atoms with Crippen LogP contribution in [-0.2, 0) is 11.2 Å². The van der Waals surface area contributed by atoms with Gasteiger partial charge in [-0.1, -0.05) is 36.6 Å². The smallest absolute Gasteiger partial charge is 0.257 e. The van der Waals surface area contributed by atoms with E-state index >= 15 is 0 Å². The summed E-state index contributed by atoms with van der Waals surface area (Å²) >= 11 is 0. The minimum atomic E-state index is -0.0684. The Balaban J connectivity index is 1.60. The Bertz CT molecular complexity index is 715. The maximum atomic E-state index is 12.1. The van der Waals surface area contributed by atoms with Crippen LogP contribution >= 0.6 is 0 Å². The van der Waals surface area contributed by atoms with Gasteiger partial charge in [0, 0.05) is 17.2 Å². The Labute approximate surface area is 140 Å². The number of benzene rings is 1. The maximum absolute atomic E-state index is 12.1. The predicted molar refractivity (Wildman–Crippen MR) is 88.5 cm³/mol. The molecule has 3 rings (SSSR count). The largest absolute Gasteiger partial charge is 0.353 e. The second-order valence-corrected chi connectivity index (χ2v) is 6.23. The number of aromatic nitrogens is 2. The molecule has 1 aliphatic carbocycles. The number of carbonyl (C=O) groups is 2. The van der Waals surface area contributed by atoms with Crippen molar-refractivity contribution in [3.8, 4) is 11.5 Å². The standard InChI is InChI=1S/C18H21N3O3/c1-12(22)13-7-9-14(10-8-13)18-20-16(21-24-18)11-17(23)19-15-5-3-2-4-6-15/h7-10,15H,2-6,11H2,1H3,(H,19,23). The molecule has 6 nitrogen and oxygen atoms in total. The molecular formula is C18H21N3O3. The van der Waals surface area contributed by atoms with Crippen molar-refractivity contribution in [2.75, 3.05) is 0 Å². The molecule has 1 aliphatic rings. The Morgan fingerprint density at radius 1 is 1.17 bits per heavy atom. The first kappa shape index (κ1) is 16.4. The van der Waals surface area contributed by atoms with Gasteiger partial charge in [0.05, 0.1) is 6.42 Å². The third-order valence-electron chi connectivity index (χ3n) is 4.30. The Morgan fingerprint density at radius 3 is 2.54 bits per heavy atom. The van der Waals surface area contributed by atoms with E-state index in [9.17, 15) is 9.59 Å². The zero-order valence-electron chi connectivity index (χ0n) is 13.7. The Morgan fingerprint density at radius 2 is 1.88 bits per heavy atom. The van der Waals surface area contributed by atoms with Crippen molar-refractivity contribution in [1.29, 1.82) is 0 Å². The highest BCUT2D eigenvalue weighted by Gasteiger charge is 2.18.